The Kier molecular flexibility index (Phi) is 7.30. The molecule has 0 radical (unpaired) electrons. The van der Waals surface area contributed by atoms with Crippen LogP contribution in [0.25, 0.3) is 11.1 Å². The summed E-state index contributed by atoms with van der Waals surface area (Å²) in [5.41, 5.74) is 3.43. The number of hydrogen-bond acceptors (Lipinski definition) is 4. The number of Topliss-reactive ketones (excluding diaryl/α,β-unsaturated/α-hetero) is 1. The predicted octanol–water partition coefficient (Wildman–Crippen LogP) is 5.74. The van der Waals surface area contributed by atoms with E-state index in [-0.39, 0.29) is 24.5 Å². The maximum atomic E-state index is 14.6. The molecular weight excluding hydrogens is 414 g/mol. The second kappa shape index (κ2) is 10.1. The van der Waals surface area contributed by atoms with Crippen LogP contribution in [0.15, 0.2) is 54.6 Å². The van der Waals surface area contributed by atoms with E-state index in [0.717, 1.165) is 16.0 Å². The van der Waals surface area contributed by atoms with E-state index in [2.05, 4.69) is 4.98 Å². The highest BCUT2D eigenvalue weighted by Crippen LogP contribution is 2.27. The minimum absolute atomic E-state index is 0.0436. The third kappa shape index (κ3) is 5.35. The van der Waals surface area contributed by atoms with E-state index in [4.69, 9.17) is 4.74 Å². The number of aryl methyl sites for hydroxylation is 2. The zero-order chi connectivity index (χ0) is 23.3. The lowest BCUT2D eigenvalue weighted by atomic mass is 9.99. The fraction of sp³-hybridized carbons (Fsp3) is 0.240. The fourth-order valence-corrected chi connectivity index (χ4v) is 3.34. The van der Waals surface area contributed by atoms with Gasteiger partial charge >= 0.3 is 6.09 Å². The van der Waals surface area contributed by atoms with E-state index < -0.39 is 17.9 Å². The Balaban J connectivity index is 1.69. The predicted molar refractivity (Wildman–Crippen MR) is 119 cm³/mol. The standard InChI is InChI=1S/C25H24F2N2O3/c1-4-32-25(31)29(3)22-12-9-20(15-21(22)26)18-5-7-19(8-6-18)23(30)13-10-17-11-14-24(27)28-16(17)2/h5-9,11-12,14-15H,4,10,13H2,1-3H3. The maximum absolute atomic E-state index is 14.6. The number of hydrogen-bond donors (Lipinski definition) is 0. The molecule has 0 saturated heterocycles. The molecule has 2 aromatic carbocycles. The molecule has 7 heteroatoms. The molecule has 0 unspecified atom stereocenters. The summed E-state index contributed by atoms with van der Waals surface area (Å²) in [6.45, 7) is 3.60. The highest BCUT2D eigenvalue weighted by molar-refractivity contribution is 5.96. The van der Waals surface area contributed by atoms with Crippen molar-refractivity contribution < 1.29 is 23.1 Å². The number of aromatic nitrogens is 1. The number of halogens is 2. The van der Waals surface area contributed by atoms with Crippen LogP contribution in [0, 0.1) is 18.7 Å². The van der Waals surface area contributed by atoms with Crippen LogP contribution in [0.1, 0.15) is 35.0 Å². The van der Waals surface area contributed by atoms with Gasteiger partial charge in [-0.15, -0.1) is 0 Å². The number of carbonyl (C=O) groups excluding carboxylic acids is 2. The average Bonchev–Trinajstić information content (AvgIpc) is 2.78. The number of rotatable bonds is 7. The number of ketones is 1. The lowest BCUT2D eigenvalue weighted by Gasteiger charge is -2.17. The Morgan fingerprint density at radius 1 is 1.00 bits per heavy atom. The Hall–Kier alpha value is -3.61. The first-order valence-electron chi connectivity index (χ1n) is 10.3. The van der Waals surface area contributed by atoms with Crippen molar-refractivity contribution in [1.82, 2.24) is 4.98 Å². The monoisotopic (exact) mass is 438 g/mol. The van der Waals surface area contributed by atoms with Crippen LogP contribution in [0.3, 0.4) is 0 Å². The van der Waals surface area contributed by atoms with Gasteiger partial charge in [0.25, 0.3) is 0 Å². The summed E-state index contributed by atoms with van der Waals surface area (Å²) in [6, 6.07) is 14.4. The molecule has 1 amide bonds. The van der Waals surface area contributed by atoms with Crippen LogP contribution in [-0.4, -0.2) is 30.5 Å². The normalized spacial score (nSPS) is 10.7. The third-order valence-corrected chi connectivity index (χ3v) is 5.17. The molecular formula is C25H24F2N2O3. The lowest BCUT2D eigenvalue weighted by Crippen LogP contribution is -2.27. The van der Waals surface area contributed by atoms with Crippen LogP contribution in [0.5, 0.6) is 0 Å². The summed E-state index contributed by atoms with van der Waals surface area (Å²) in [5, 5.41) is 0. The summed E-state index contributed by atoms with van der Waals surface area (Å²) < 4.78 is 32.6. The molecule has 5 nitrogen and oxygen atoms in total. The zero-order valence-corrected chi connectivity index (χ0v) is 18.2. The molecule has 0 spiro atoms. The van der Waals surface area contributed by atoms with E-state index in [1.807, 2.05) is 0 Å². The topological polar surface area (TPSA) is 59.5 Å². The number of anilines is 1. The van der Waals surface area contributed by atoms with Crippen LogP contribution >= 0.6 is 0 Å². The lowest BCUT2D eigenvalue weighted by molar-refractivity contribution is 0.0982. The van der Waals surface area contributed by atoms with Gasteiger partial charge in [-0.3, -0.25) is 9.69 Å². The minimum atomic E-state index is -0.631. The van der Waals surface area contributed by atoms with Gasteiger partial charge in [-0.2, -0.15) is 4.39 Å². The summed E-state index contributed by atoms with van der Waals surface area (Å²) in [5.74, 6) is -1.13. The largest absolute Gasteiger partial charge is 0.449 e. The number of benzene rings is 2. The summed E-state index contributed by atoms with van der Waals surface area (Å²) >= 11 is 0. The highest BCUT2D eigenvalue weighted by Gasteiger charge is 2.16. The Morgan fingerprint density at radius 3 is 2.31 bits per heavy atom. The van der Waals surface area contributed by atoms with Gasteiger partial charge in [-0.25, -0.2) is 14.2 Å². The molecule has 0 atom stereocenters. The summed E-state index contributed by atoms with van der Waals surface area (Å²) in [4.78, 5) is 29.2. The fourth-order valence-electron chi connectivity index (χ4n) is 3.34. The third-order valence-electron chi connectivity index (χ3n) is 5.17. The first-order valence-corrected chi connectivity index (χ1v) is 10.3. The molecule has 3 aromatic rings. The second-order valence-electron chi connectivity index (χ2n) is 7.30. The number of nitrogens with zero attached hydrogens (tertiary/aromatic N) is 2. The van der Waals surface area contributed by atoms with Crippen LogP contribution in [-0.2, 0) is 11.2 Å². The number of amides is 1. The van der Waals surface area contributed by atoms with Crippen molar-refractivity contribution in [3.05, 3.63) is 83.2 Å². The van der Waals surface area contributed by atoms with Crippen molar-refractivity contribution in [2.75, 3.05) is 18.6 Å². The van der Waals surface area contributed by atoms with Crippen LogP contribution < -0.4 is 4.90 Å². The minimum Gasteiger partial charge on any atom is -0.449 e. The molecule has 0 aliphatic carbocycles. The van der Waals surface area contributed by atoms with Gasteiger partial charge in [-0.1, -0.05) is 36.4 Å². The quantitative estimate of drug-likeness (QED) is 0.348. The van der Waals surface area contributed by atoms with Gasteiger partial charge in [0.1, 0.15) is 5.82 Å². The highest BCUT2D eigenvalue weighted by atomic mass is 19.1. The first kappa shape index (κ1) is 23.1. The molecule has 0 aliphatic heterocycles. The Bertz CT molecular complexity index is 1130. The zero-order valence-electron chi connectivity index (χ0n) is 18.2. The van der Waals surface area contributed by atoms with Crippen molar-refractivity contribution in [2.45, 2.75) is 26.7 Å². The Labute approximate surface area is 185 Å². The van der Waals surface area contributed by atoms with Gasteiger partial charge < -0.3 is 4.74 Å². The molecule has 0 bridgehead atoms. The maximum Gasteiger partial charge on any atom is 0.414 e. The summed E-state index contributed by atoms with van der Waals surface area (Å²) in [6.07, 6.45) is 0.116. The van der Waals surface area contributed by atoms with Crippen molar-refractivity contribution in [3.8, 4) is 11.1 Å². The molecule has 1 aromatic heterocycles. The van der Waals surface area contributed by atoms with Crippen molar-refractivity contribution in [3.63, 3.8) is 0 Å². The van der Waals surface area contributed by atoms with Crippen LogP contribution in [0.4, 0.5) is 19.3 Å². The average molecular weight is 438 g/mol. The molecule has 32 heavy (non-hydrogen) atoms. The van der Waals surface area contributed by atoms with Crippen molar-refractivity contribution >= 4 is 17.6 Å². The van der Waals surface area contributed by atoms with E-state index in [1.54, 1.807) is 50.2 Å². The summed E-state index contributed by atoms with van der Waals surface area (Å²) in [7, 11) is 1.44. The van der Waals surface area contributed by atoms with Gasteiger partial charge in [0, 0.05) is 24.7 Å². The van der Waals surface area contributed by atoms with E-state index in [9.17, 15) is 18.4 Å². The van der Waals surface area contributed by atoms with E-state index >= 15 is 0 Å². The molecule has 0 fully saturated rings. The molecule has 0 N–H and O–H groups in total. The van der Waals surface area contributed by atoms with Gasteiger partial charge in [0.2, 0.25) is 5.95 Å². The smallest absolute Gasteiger partial charge is 0.414 e. The number of carbonyl (C=O) groups is 2. The SMILES string of the molecule is CCOC(=O)N(C)c1ccc(-c2ccc(C(=O)CCc3ccc(F)nc3C)cc2)cc1F. The molecule has 3 rings (SSSR count). The molecule has 0 aliphatic rings. The van der Waals surface area contributed by atoms with Crippen molar-refractivity contribution in [1.29, 1.82) is 0 Å². The second-order valence-corrected chi connectivity index (χ2v) is 7.30. The van der Waals surface area contributed by atoms with Gasteiger partial charge in [0.05, 0.1) is 12.3 Å². The molecule has 1 heterocycles. The van der Waals surface area contributed by atoms with Crippen LogP contribution in [0.2, 0.25) is 0 Å². The Morgan fingerprint density at radius 2 is 1.69 bits per heavy atom. The van der Waals surface area contributed by atoms with E-state index in [0.29, 0.717) is 23.2 Å². The first-order chi connectivity index (χ1) is 15.3. The number of pyridine rings is 1. The van der Waals surface area contributed by atoms with Gasteiger partial charge in [-0.05, 0) is 55.2 Å². The van der Waals surface area contributed by atoms with E-state index in [1.165, 1.54) is 25.2 Å². The van der Waals surface area contributed by atoms with Gasteiger partial charge in [0.15, 0.2) is 5.78 Å². The van der Waals surface area contributed by atoms with Crippen molar-refractivity contribution in [2.24, 2.45) is 0 Å². The molecule has 0 saturated carbocycles. The number of ether oxygens (including phenoxy) is 1. The molecule has 166 valence electrons.